The molecule has 1 heterocycles. The number of halogens is 3. The molecule has 0 radical (unpaired) electrons. The average molecular weight is 489 g/mol. The number of likely N-dealkylation sites (tertiary alicyclic amines) is 1. The number of alkyl halides is 3. The highest BCUT2D eigenvalue weighted by atomic mass is 19.4. The average Bonchev–Trinajstić information content (AvgIpc) is 2.77. The third kappa shape index (κ3) is 9.57. The van der Waals surface area contributed by atoms with Crippen LogP contribution in [0, 0.1) is 11.3 Å². The quantitative estimate of drug-likeness (QED) is 0.244. The molecule has 0 aliphatic carbocycles. The summed E-state index contributed by atoms with van der Waals surface area (Å²) in [6.45, 7) is 2.40. The van der Waals surface area contributed by atoms with Crippen LogP contribution in [0.15, 0.2) is 24.3 Å². The number of aliphatic carboxylic acids is 2. The van der Waals surface area contributed by atoms with Gasteiger partial charge >= 0.3 is 18.1 Å². The largest absolute Gasteiger partial charge is 0.490 e. The SMILES string of the molecule is CC(CC(=O)c1ccc(C(=N)N)cc1)C(=O)N1CCC(OCC(=O)O)CC1.O=C(O)C(F)(F)F. The minimum atomic E-state index is -5.08. The topological polar surface area (TPSA) is 171 Å². The molecule has 1 aliphatic heterocycles. The highest BCUT2D eigenvalue weighted by Gasteiger charge is 2.38. The molecule has 1 aromatic carbocycles. The van der Waals surface area contributed by atoms with Gasteiger partial charge in [0.15, 0.2) is 5.78 Å². The van der Waals surface area contributed by atoms with Crippen molar-refractivity contribution in [2.75, 3.05) is 19.7 Å². The smallest absolute Gasteiger partial charge is 0.480 e. The van der Waals surface area contributed by atoms with Gasteiger partial charge in [-0.05, 0) is 12.8 Å². The molecule has 1 amide bonds. The van der Waals surface area contributed by atoms with Crippen LogP contribution in [0.2, 0.25) is 0 Å². The Labute approximate surface area is 193 Å². The first-order chi connectivity index (χ1) is 15.7. The van der Waals surface area contributed by atoms with Crippen molar-refractivity contribution in [2.24, 2.45) is 11.7 Å². The summed E-state index contributed by atoms with van der Waals surface area (Å²) >= 11 is 0. The van der Waals surface area contributed by atoms with E-state index in [9.17, 15) is 27.6 Å². The monoisotopic (exact) mass is 489 g/mol. The van der Waals surface area contributed by atoms with E-state index in [0.29, 0.717) is 37.1 Å². The summed E-state index contributed by atoms with van der Waals surface area (Å²) in [5.41, 5.74) is 6.43. The molecule has 1 unspecified atom stereocenters. The zero-order chi connectivity index (χ0) is 26.1. The molecule has 2 rings (SSSR count). The van der Waals surface area contributed by atoms with Crippen molar-refractivity contribution in [3.05, 3.63) is 35.4 Å². The van der Waals surface area contributed by atoms with E-state index >= 15 is 0 Å². The summed E-state index contributed by atoms with van der Waals surface area (Å²) in [4.78, 5) is 46.1. The number of carbonyl (C=O) groups is 4. The second-order valence-corrected chi connectivity index (χ2v) is 7.55. The van der Waals surface area contributed by atoms with E-state index in [1.165, 1.54) is 0 Å². The number of nitrogens with two attached hydrogens (primary N) is 1. The number of Topliss-reactive ketones (excluding diaryl/α,β-unsaturated/α-hetero) is 1. The molecule has 1 fully saturated rings. The zero-order valence-corrected chi connectivity index (χ0v) is 18.3. The van der Waals surface area contributed by atoms with Gasteiger partial charge in [-0.3, -0.25) is 15.0 Å². The van der Waals surface area contributed by atoms with Crippen molar-refractivity contribution in [2.45, 2.75) is 38.5 Å². The molecular formula is C21H26F3N3O7. The molecular weight excluding hydrogens is 463 g/mol. The van der Waals surface area contributed by atoms with Crippen LogP contribution in [0.5, 0.6) is 0 Å². The summed E-state index contributed by atoms with van der Waals surface area (Å²) in [7, 11) is 0. The first kappa shape index (κ1) is 28.6. The Balaban J connectivity index is 0.000000718. The maximum Gasteiger partial charge on any atom is 0.490 e. The Kier molecular flexibility index (Phi) is 10.6. The van der Waals surface area contributed by atoms with Crippen molar-refractivity contribution in [3.63, 3.8) is 0 Å². The fourth-order valence-electron chi connectivity index (χ4n) is 3.06. The molecule has 0 aromatic heterocycles. The highest BCUT2D eigenvalue weighted by molar-refractivity contribution is 6.00. The van der Waals surface area contributed by atoms with Crippen molar-refractivity contribution in [1.29, 1.82) is 5.41 Å². The third-order valence-electron chi connectivity index (χ3n) is 4.87. The van der Waals surface area contributed by atoms with E-state index in [1.54, 1.807) is 36.1 Å². The van der Waals surface area contributed by atoms with Crippen LogP contribution in [0.3, 0.4) is 0 Å². The number of amides is 1. The van der Waals surface area contributed by atoms with Gasteiger partial charge in [-0.1, -0.05) is 31.2 Å². The van der Waals surface area contributed by atoms with Gasteiger partial charge in [0.25, 0.3) is 0 Å². The first-order valence-electron chi connectivity index (χ1n) is 10.1. The van der Waals surface area contributed by atoms with E-state index in [-0.39, 0.29) is 36.7 Å². The predicted octanol–water partition coefficient (Wildman–Crippen LogP) is 1.91. The maximum atomic E-state index is 12.6. The molecule has 13 heteroatoms. The Hall–Kier alpha value is -3.48. The fraction of sp³-hybridized carbons (Fsp3) is 0.476. The molecule has 1 aromatic rings. The van der Waals surface area contributed by atoms with Crippen LogP contribution < -0.4 is 5.73 Å². The van der Waals surface area contributed by atoms with E-state index in [0.717, 1.165) is 0 Å². The number of ketones is 1. The predicted molar refractivity (Wildman–Crippen MR) is 112 cm³/mol. The molecule has 0 bridgehead atoms. The lowest BCUT2D eigenvalue weighted by atomic mass is 9.96. The molecule has 1 saturated heterocycles. The number of amidine groups is 1. The number of hydrogen-bond acceptors (Lipinski definition) is 6. The molecule has 5 N–H and O–H groups in total. The second kappa shape index (κ2) is 12.7. The number of piperidine rings is 1. The number of rotatable bonds is 8. The standard InChI is InChI=1S/C19H25N3O5.C2HF3O2/c1-12(10-16(23)13-2-4-14(5-3-13)18(20)21)19(26)22-8-6-15(7-9-22)27-11-17(24)25;3-2(4,5)1(6)7/h2-5,12,15H,6-11H2,1H3,(H3,20,21)(H,24,25);(H,6,7). The third-order valence-corrected chi connectivity index (χ3v) is 4.87. The normalized spacial score (nSPS) is 15.0. The van der Waals surface area contributed by atoms with Crippen LogP contribution in [0.25, 0.3) is 0 Å². The van der Waals surface area contributed by atoms with Gasteiger partial charge in [0.05, 0.1) is 6.10 Å². The van der Waals surface area contributed by atoms with E-state index in [2.05, 4.69) is 0 Å². The fourth-order valence-corrected chi connectivity index (χ4v) is 3.06. The van der Waals surface area contributed by atoms with Gasteiger partial charge in [-0.15, -0.1) is 0 Å². The van der Waals surface area contributed by atoms with Crippen molar-refractivity contribution >= 4 is 29.5 Å². The van der Waals surface area contributed by atoms with Gasteiger partial charge < -0.3 is 25.6 Å². The van der Waals surface area contributed by atoms with Gasteiger partial charge in [-0.25, -0.2) is 9.59 Å². The number of hydrogen-bond donors (Lipinski definition) is 4. The van der Waals surface area contributed by atoms with Crippen LogP contribution in [-0.2, 0) is 19.1 Å². The van der Waals surface area contributed by atoms with Crippen LogP contribution >= 0.6 is 0 Å². The summed E-state index contributed by atoms with van der Waals surface area (Å²) in [5.74, 6) is -4.48. The maximum absolute atomic E-state index is 12.6. The lowest BCUT2D eigenvalue weighted by molar-refractivity contribution is -0.192. The number of benzene rings is 1. The van der Waals surface area contributed by atoms with Crippen LogP contribution in [-0.4, -0.2) is 76.6 Å². The van der Waals surface area contributed by atoms with Crippen LogP contribution in [0.1, 0.15) is 42.1 Å². The number of nitrogens with one attached hydrogen (secondary N) is 1. The Morgan fingerprint density at radius 1 is 1.12 bits per heavy atom. The molecule has 0 spiro atoms. The van der Waals surface area contributed by atoms with Crippen molar-refractivity contribution < 1.29 is 47.3 Å². The van der Waals surface area contributed by atoms with E-state index in [4.69, 9.17) is 30.9 Å². The summed E-state index contributed by atoms with van der Waals surface area (Å²) < 4.78 is 37.0. The van der Waals surface area contributed by atoms with Crippen LogP contribution in [0.4, 0.5) is 13.2 Å². The minimum absolute atomic E-state index is 0.0618. The number of ether oxygens (including phenoxy) is 1. The zero-order valence-electron chi connectivity index (χ0n) is 18.3. The number of nitrogens with zero attached hydrogens (tertiary/aromatic N) is 1. The number of nitrogen functional groups attached to an aromatic ring is 1. The van der Waals surface area contributed by atoms with Gasteiger partial charge in [0, 0.05) is 36.6 Å². The summed E-state index contributed by atoms with van der Waals surface area (Å²) in [5, 5.41) is 23.1. The lowest BCUT2D eigenvalue weighted by Crippen LogP contribution is -2.43. The van der Waals surface area contributed by atoms with Crippen molar-refractivity contribution in [1.82, 2.24) is 4.90 Å². The van der Waals surface area contributed by atoms with Gasteiger partial charge in [-0.2, -0.15) is 13.2 Å². The second-order valence-electron chi connectivity index (χ2n) is 7.55. The number of carbonyl (C=O) groups excluding carboxylic acids is 2. The summed E-state index contributed by atoms with van der Waals surface area (Å²) in [6, 6.07) is 6.46. The highest BCUT2D eigenvalue weighted by Crippen LogP contribution is 2.19. The molecule has 1 aliphatic rings. The number of carboxylic acids is 2. The molecule has 10 nitrogen and oxygen atoms in total. The molecule has 1 atom stereocenters. The summed E-state index contributed by atoms with van der Waals surface area (Å²) in [6.07, 6.45) is -3.95. The van der Waals surface area contributed by atoms with Gasteiger partial charge in [0.2, 0.25) is 5.91 Å². The number of carboxylic acid groups (broad SMARTS) is 2. The first-order valence-corrected chi connectivity index (χ1v) is 10.1. The molecule has 0 saturated carbocycles. The Morgan fingerprint density at radius 3 is 2.00 bits per heavy atom. The Bertz CT molecular complexity index is 896. The van der Waals surface area contributed by atoms with Gasteiger partial charge in [0.1, 0.15) is 12.4 Å². The lowest BCUT2D eigenvalue weighted by Gasteiger charge is -2.33. The minimum Gasteiger partial charge on any atom is -0.480 e. The molecule has 188 valence electrons. The Morgan fingerprint density at radius 2 is 1.59 bits per heavy atom. The molecule has 34 heavy (non-hydrogen) atoms. The van der Waals surface area contributed by atoms with E-state index < -0.39 is 24.0 Å². The van der Waals surface area contributed by atoms with E-state index in [1.807, 2.05) is 0 Å². The van der Waals surface area contributed by atoms with Crippen molar-refractivity contribution in [3.8, 4) is 0 Å².